The number of phenols is 1. The quantitative estimate of drug-likeness (QED) is 0.752. The van der Waals surface area contributed by atoms with E-state index in [1.807, 2.05) is 0 Å². The van der Waals surface area contributed by atoms with Gasteiger partial charge in [-0.3, -0.25) is 0 Å². The molecule has 0 spiro atoms. The molecule has 4 nitrogen and oxygen atoms in total. The molecule has 0 radical (unpaired) electrons. The summed E-state index contributed by atoms with van der Waals surface area (Å²) in [5.74, 6) is -1.80. The number of hydrogen-bond donors (Lipinski definition) is 1. The van der Waals surface area contributed by atoms with E-state index in [0.29, 0.717) is 10.0 Å². The highest BCUT2D eigenvalue weighted by atomic mass is 79.9. The molecule has 0 aliphatic rings. The second kappa shape index (κ2) is 5.25. The summed E-state index contributed by atoms with van der Waals surface area (Å²) in [6.45, 7) is 0. The molecule has 0 aliphatic heterocycles. The highest BCUT2D eigenvalue weighted by Gasteiger charge is 2.15. The Morgan fingerprint density at radius 1 is 1.05 bits per heavy atom. The predicted molar refractivity (Wildman–Crippen MR) is 74.5 cm³/mol. The number of halogens is 3. The Hall–Kier alpha value is -2.28. The molecule has 1 N–H and O–H groups in total. The zero-order valence-electron chi connectivity index (χ0n) is 10.3. The van der Waals surface area contributed by atoms with Crippen LogP contribution in [0.4, 0.5) is 8.78 Å². The molecule has 0 unspecified atom stereocenters. The van der Waals surface area contributed by atoms with Crippen LogP contribution in [0.2, 0.25) is 0 Å². The van der Waals surface area contributed by atoms with E-state index >= 15 is 0 Å². The largest absolute Gasteiger partial charge is 0.507 e. The van der Waals surface area contributed by atoms with Gasteiger partial charge in [-0.15, -0.1) is 0 Å². The molecule has 7 heteroatoms. The molecule has 0 saturated heterocycles. The van der Waals surface area contributed by atoms with Gasteiger partial charge in [0.1, 0.15) is 5.75 Å². The van der Waals surface area contributed by atoms with Crippen molar-refractivity contribution in [1.29, 1.82) is 0 Å². The summed E-state index contributed by atoms with van der Waals surface area (Å²) in [5.41, 5.74) is 0.625. The Morgan fingerprint density at radius 2 is 1.86 bits per heavy atom. The first kappa shape index (κ1) is 13.7. The van der Waals surface area contributed by atoms with Crippen molar-refractivity contribution in [1.82, 2.24) is 10.1 Å². The minimum absolute atomic E-state index is 0.0372. The average molecular weight is 353 g/mol. The van der Waals surface area contributed by atoms with Gasteiger partial charge in [0.05, 0.1) is 5.56 Å². The lowest BCUT2D eigenvalue weighted by molar-refractivity contribution is 0.425. The molecule has 1 aromatic heterocycles. The van der Waals surface area contributed by atoms with Crippen LogP contribution in [0.15, 0.2) is 45.4 Å². The molecular weight excluding hydrogens is 346 g/mol. The van der Waals surface area contributed by atoms with Crippen LogP contribution >= 0.6 is 15.9 Å². The summed E-state index contributed by atoms with van der Waals surface area (Å²) in [6.07, 6.45) is 0. The highest BCUT2D eigenvalue weighted by molar-refractivity contribution is 9.10. The summed E-state index contributed by atoms with van der Waals surface area (Å²) < 4.78 is 31.8. The van der Waals surface area contributed by atoms with Crippen molar-refractivity contribution in [3.05, 3.63) is 52.5 Å². The maximum absolute atomic E-state index is 13.2. The second-order valence-electron chi connectivity index (χ2n) is 4.21. The van der Waals surface area contributed by atoms with Crippen molar-refractivity contribution < 1.29 is 18.4 Å². The first-order chi connectivity index (χ1) is 10.0. The molecule has 0 aliphatic carbocycles. The van der Waals surface area contributed by atoms with Crippen LogP contribution in [0.25, 0.3) is 22.8 Å². The SMILES string of the molecule is Oc1cc(Br)ccc1-c1nc(-c2ccc(F)c(F)c2)no1. The van der Waals surface area contributed by atoms with Crippen LogP contribution in [-0.4, -0.2) is 15.2 Å². The number of rotatable bonds is 2. The number of aromatic nitrogens is 2. The Bertz CT molecular complexity index is 820. The zero-order valence-corrected chi connectivity index (χ0v) is 11.9. The average Bonchev–Trinajstić information content (AvgIpc) is 2.91. The Morgan fingerprint density at radius 3 is 2.57 bits per heavy atom. The minimum atomic E-state index is -0.995. The number of phenolic OH excluding ortho intramolecular Hbond substituents is 1. The standard InChI is InChI=1S/C14H7BrF2N2O2/c15-8-2-3-9(12(20)6-8)14-18-13(19-21-14)7-1-4-10(16)11(17)5-7/h1-6,20H. The van der Waals surface area contributed by atoms with Gasteiger partial charge in [0.2, 0.25) is 5.82 Å². The van der Waals surface area contributed by atoms with Gasteiger partial charge in [-0.05, 0) is 36.4 Å². The third-order valence-electron chi connectivity index (χ3n) is 2.79. The van der Waals surface area contributed by atoms with Gasteiger partial charge in [-0.25, -0.2) is 8.78 Å². The van der Waals surface area contributed by atoms with E-state index in [-0.39, 0.29) is 23.0 Å². The van der Waals surface area contributed by atoms with Gasteiger partial charge in [-0.2, -0.15) is 4.98 Å². The Labute approximate surface area is 126 Å². The summed E-state index contributed by atoms with van der Waals surface area (Å²) in [7, 11) is 0. The Balaban J connectivity index is 2.01. The van der Waals surface area contributed by atoms with Gasteiger partial charge in [0, 0.05) is 10.0 Å². The fourth-order valence-corrected chi connectivity index (χ4v) is 2.12. The first-order valence-electron chi connectivity index (χ1n) is 5.82. The number of benzene rings is 2. The molecule has 0 bridgehead atoms. The number of nitrogens with zero attached hydrogens (tertiary/aromatic N) is 2. The van der Waals surface area contributed by atoms with Crippen LogP contribution < -0.4 is 0 Å². The first-order valence-corrected chi connectivity index (χ1v) is 6.62. The smallest absolute Gasteiger partial charge is 0.261 e. The van der Waals surface area contributed by atoms with Gasteiger partial charge in [0.15, 0.2) is 11.6 Å². The van der Waals surface area contributed by atoms with Crippen molar-refractivity contribution in [3.63, 3.8) is 0 Å². The fourth-order valence-electron chi connectivity index (χ4n) is 1.77. The summed E-state index contributed by atoms with van der Waals surface area (Å²) in [4.78, 5) is 4.07. The lowest BCUT2D eigenvalue weighted by Gasteiger charge is -1.99. The van der Waals surface area contributed by atoms with Gasteiger partial charge in [-0.1, -0.05) is 21.1 Å². The van der Waals surface area contributed by atoms with Crippen LogP contribution in [-0.2, 0) is 0 Å². The topological polar surface area (TPSA) is 59.2 Å². The fraction of sp³-hybridized carbons (Fsp3) is 0. The third-order valence-corrected chi connectivity index (χ3v) is 3.29. The maximum Gasteiger partial charge on any atom is 0.261 e. The Kier molecular flexibility index (Phi) is 3.42. The maximum atomic E-state index is 13.2. The van der Waals surface area contributed by atoms with E-state index < -0.39 is 11.6 Å². The number of aromatic hydroxyl groups is 1. The molecule has 0 atom stereocenters. The molecular formula is C14H7BrF2N2O2. The predicted octanol–water partition coefficient (Wildman–Crippen LogP) is 4.15. The molecule has 21 heavy (non-hydrogen) atoms. The van der Waals surface area contributed by atoms with Gasteiger partial charge in [0.25, 0.3) is 5.89 Å². The van der Waals surface area contributed by atoms with E-state index in [1.54, 1.807) is 12.1 Å². The van der Waals surface area contributed by atoms with E-state index in [2.05, 4.69) is 26.1 Å². The highest BCUT2D eigenvalue weighted by Crippen LogP contribution is 2.31. The van der Waals surface area contributed by atoms with E-state index in [1.165, 1.54) is 12.1 Å². The third kappa shape index (κ3) is 2.64. The van der Waals surface area contributed by atoms with Crippen molar-refractivity contribution in [2.75, 3.05) is 0 Å². The monoisotopic (exact) mass is 352 g/mol. The van der Waals surface area contributed by atoms with Crippen LogP contribution in [0.5, 0.6) is 5.75 Å². The normalized spacial score (nSPS) is 10.8. The van der Waals surface area contributed by atoms with Crippen molar-refractivity contribution in [2.24, 2.45) is 0 Å². The van der Waals surface area contributed by atoms with Crippen molar-refractivity contribution in [2.45, 2.75) is 0 Å². The van der Waals surface area contributed by atoms with E-state index in [9.17, 15) is 13.9 Å². The van der Waals surface area contributed by atoms with E-state index in [0.717, 1.165) is 12.1 Å². The number of hydrogen-bond acceptors (Lipinski definition) is 4. The minimum Gasteiger partial charge on any atom is -0.507 e. The zero-order chi connectivity index (χ0) is 15.0. The second-order valence-corrected chi connectivity index (χ2v) is 5.13. The molecule has 3 rings (SSSR count). The molecule has 1 heterocycles. The summed E-state index contributed by atoms with van der Waals surface area (Å²) in [5, 5.41) is 13.5. The van der Waals surface area contributed by atoms with Crippen LogP contribution in [0.3, 0.4) is 0 Å². The van der Waals surface area contributed by atoms with Crippen molar-refractivity contribution in [3.8, 4) is 28.6 Å². The summed E-state index contributed by atoms with van der Waals surface area (Å²) >= 11 is 3.22. The van der Waals surface area contributed by atoms with Crippen LogP contribution in [0, 0.1) is 11.6 Å². The lowest BCUT2D eigenvalue weighted by atomic mass is 10.2. The molecule has 2 aromatic carbocycles. The van der Waals surface area contributed by atoms with Gasteiger partial charge >= 0.3 is 0 Å². The molecule has 0 fully saturated rings. The molecule has 3 aromatic rings. The molecule has 0 amide bonds. The van der Waals surface area contributed by atoms with Gasteiger partial charge < -0.3 is 9.63 Å². The molecule has 106 valence electrons. The summed E-state index contributed by atoms with van der Waals surface area (Å²) in [6, 6.07) is 8.09. The molecule has 0 saturated carbocycles. The lowest BCUT2D eigenvalue weighted by Crippen LogP contribution is -1.87. The van der Waals surface area contributed by atoms with Crippen LogP contribution in [0.1, 0.15) is 0 Å². The van der Waals surface area contributed by atoms with E-state index in [4.69, 9.17) is 4.52 Å². The van der Waals surface area contributed by atoms with Crippen molar-refractivity contribution >= 4 is 15.9 Å².